The summed E-state index contributed by atoms with van der Waals surface area (Å²) < 4.78 is 5.99. The summed E-state index contributed by atoms with van der Waals surface area (Å²) in [5.74, 6) is 0. The van der Waals surface area contributed by atoms with Crippen LogP contribution < -0.4 is 5.32 Å². The zero-order valence-electron chi connectivity index (χ0n) is 14.6. The number of hydrogen-bond donors (Lipinski definition) is 1. The highest BCUT2D eigenvalue weighted by molar-refractivity contribution is 5.39. The van der Waals surface area contributed by atoms with Gasteiger partial charge in [0.05, 0.1) is 18.8 Å². The summed E-state index contributed by atoms with van der Waals surface area (Å²) in [4.78, 5) is 2.59. The van der Waals surface area contributed by atoms with Gasteiger partial charge in [0.15, 0.2) is 0 Å². The minimum atomic E-state index is -0.200. The summed E-state index contributed by atoms with van der Waals surface area (Å²) in [6.07, 6.45) is 1.17. The first-order chi connectivity index (χ1) is 11.9. The van der Waals surface area contributed by atoms with Gasteiger partial charge in [0, 0.05) is 19.6 Å². The number of nitrogens with zero attached hydrogens (tertiary/aromatic N) is 1. The van der Waals surface area contributed by atoms with Gasteiger partial charge >= 0.3 is 0 Å². The summed E-state index contributed by atoms with van der Waals surface area (Å²) >= 11 is 0. The summed E-state index contributed by atoms with van der Waals surface area (Å²) in [6.45, 7) is 7.78. The van der Waals surface area contributed by atoms with E-state index in [4.69, 9.17) is 4.74 Å². The van der Waals surface area contributed by atoms with E-state index < -0.39 is 0 Å². The number of benzene rings is 2. The largest absolute Gasteiger partial charge is 0.377 e. The Balaban J connectivity index is 1.95. The second-order valence-electron chi connectivity index (χ2n) is 6.38. The van der Waals surface area contributed by atoms with Crippen molar-refractivity contribution in [1.82, 2.24) is 10.2 Å². The Morgan fingerprint density at radius 1 is 0.958 bits per heavy atom. The Bertz CT molecular complexity index is 560. The SMILES string of the molecule is CCCNCCN1CCOCC1(c1ccccc1)c1ccccc1. The molecule has 1 fully saturated rings. The fraction of sp³-hybridized carbons (Fsp3) is 0.429. The number of nitrogens with one attached hydrogen (secondary N) is 1. The van der Waals surface area contributed by atoms with Crippen LogP contribution in [0.25, 0.3) is 0 Å². The maximum Gasteiger partial charge on any atom is 0.0954 e. The molecule has 3 nitrogen and oxygen atoms in total. The quantitative estimate of drug-likeness (QED) is 0.791. The third kappa shape index (κ3) is 3.54. The number of morpholine rings is 1. The van der Waals surface area contributed by atoms with E-state index in [9.17, 15) is 0 Å². The summed E-state index contributed by atoms with van der Waals surface area (Å²) in [7, 11) is 0. The Labute approximate surface area is 145 Å². The Morgan fingerprint density at radius 3 is 2.17 bits per heavy atom. The summed E-state index contributed by atoms with van der Waals surface area (Å²) in [5.41, 5.74) is 2.42. The standard InChI is InChI=1S/C21H28N2O/c1-2-13-22-14-15-23-16-17-24-18-21(23,19-9-5-3-6-10-19)20-11-7-4-8-12-20/h3-12,22H,2,13-18H2,1H3. The van der Waals surface area contributed by atoms with Crippen LogP contribution in [0.4, 0.5) is 0 Å². The van der Waals surface area contributed by atoms with Crippen molar-refractivity contribution in [3.63, 3.8) is 0 Å². The van der Waals surface area contributed by atoms with Gasteiger partial charge in [-0.25, -0.2) is 0 Å². The molecule has 0 spiro atoms. The lowest BCUT2D eigenvalue weighted by Crippen LogP contribution is -2.56. The van der Waals surface area contributed by atoms with E-state index in [1.54, 1.807) is 0 Å². The van der Waals surface area contributed by atoms with Gasteiger partial charge in [-0.2, -0.15) is 0 Å². The first-order valence-corrected chi connectivity index (χ1v) is 9.02. The average molecular weight is 324 g/mol. The van der Waals surface area contributed by atoms with E-state index in [0.717, 1.165) is 32.8 Å². The van der Waals surface area contributed by atoms with Crippen LogP contribution in [0.2, 0.25) is 0 Å². The van der Waals surface area contributed by atoms with Crippen molar-refractivity contribution in [3.8, 4) is 0 Å². The minimum absolute atomic E-state index is 0.200. The highest BCUT2D eigenvalue weighted by atomic mass is 16.5. The van der Waals surface area contributed by atoms with E-state index in [2.05, 4.69) is 77.8 Å². The molecule has 0 aliphatic carbocycles. The molecule has 1 aliphatic heterocycles. The third-order valence-corrected chi connectivity index (χ3v) is 4.84. The van der Waals surface area contributed by atoms with Crippen LogP contribution in [0.1, 0.15) is 24.5 Å². The van der Waals surface area contributed by atoms with Gasteiger partial charge in [-0.05, 0) is 24.1 Å². The van der Waals surface area contributed by atoms with Crippen molar-refractivity contribution < 1.29 is 4.74 Å². The molecule has 0 bridgehead atoms. The molecule has 2 aromatic carbocycles. The molecule has 1 heterocycles. The Morgan fingerprint density at radius 2 is 1.58 bits per heavy atom. The molecule has 1 saturated heterocycles. The monoisotopic (exact) mass is 324 g/mol. The maximum atomic E-state index is 5.99. The van der Waals surface area contributed by atoms with Crippen molar-refractivity contribution in [3.05, 3.63) is 71.8 Å². The molecule has 0 radical (unpaired) electrons. The molecule has 128 valence electrons. The summed E-state index contributed by atoms with van der Waals surface area (Å²) in [5, 5.41) is 3.54. The zero-order chi connectivity index (χ0) is 16.7. The number of rotatable bonds is 7. The van der Waals surface area contributed by atoms with Crippen LogP contribution in [0.15, 0.2) is 60.7 Å². The third-order valence-electron chi connectivity index (χ3n) is 4.84. The lowest BCUT2D eigenvalue weighted by molar-refractivity contribution is -0.0513. The Kier molecular flexibility index (Phi) is 6.02. The zero-order valence-corrected chi connectivity index (χ0v) is 14.6. The minimum Gasteiger partial charge on any atom is -0.377 e. The molecule has 0 unspecified atom stereocenters. The molecule has 1 aliphatic rings. The molecule has 1 N–H and O–H groups in total. The van der Waals surface area contributed by atoms with Crippen LogP contribution in [-0.4, -0.2) is 44.3 Å². The second kappa shape index (κ2) is 8.43. The van der Waals surface area contributed by atoms with Gasteiger partial charge < -0.3 is 10.1 Å². The molecule has 3 rings (SSSR count). The van der Waals surface area contributed by atoms with Gasteiger partial charge in [-0.3, -0.25) is 4.90 Å². The van der Waals surface area contributed by atoms with Crippen molar-refractivity contribution in [2.24, 2.45) is 0 Å². The molecule has 0 saturated carbocycles. The van der Waals surface area contributed by atoms with Crippen LogP contribution in [0.3, 0.4) is 0 Å². The molecule has 0 amide bonds. The topological polar surface area (TPSA) is 24.5 Å². The lowest BCUT2D eigenvalue weighted by Gasteiger charge is -2.48. The predicted octanol–water partition coefficient (Wildman–Crippen LogP) is 3.26. The maximum absolute atomic E-state index is 5.99. The number of hydrogen-bond acceptors (Lipinski definition) is 3. The molecular weight excluding hydrogens is 296 g/mol. The second-order valence-corrected chi connectivity index (χ2v) is 6.38. The first-order valence-electron chi connectivity index (χ1n) is 9.02. The van der Waals surface area contributed by atoms with E-state index in [0.29, 0.717) is 6.61 Å². The average Bonchev–Trinajstić information content (AvgIpc) is 2.67. The number of ether oxygens (including phenoxy) is 1. The van der Waals surface area contributed by atoms with Gasteiger partial charge in [0.1, 0.15) is 0 Å². The molecule has 2 aromatic rings. The Hall–Kier alpha value is -1.68. The fourth-order valence-corrected chi connectivity index (χ4v) is 3.62. The highest BCUT2D eigenvalue weighted by Gasteiger charge is 2.42. The van der Waals surface area contributed by atoms with E-state index >= 15 is 0 Å². The van der Waals surface area contributed by atoms with Crippen LogP contribution >= 0.6 is 0 Å². The van der Waals surface area contributed by atoms with E-state index in [-0.39, 0.29) is 5.54 Å². The van der Waals surface area contributed by atoms with Gasteiger partial charge in [0.2, 0.25) is 0 Å². The van der Waals surface area contributed by atoms with Gasteiger partial charge in [-0.1, -0.05) is 67.6 Å². The first kappa shape index (κ1) is 17.2. The van der Waals surface area contributed by atoms with Crippen LogP contribution in [-0.2, 0) is 10.3 Å². The fourth-order valence-electron chi connectivity index (χ4n) is 3.62. The van der Waals surface area contributed by atoms with Crippen molar-refractivity contribution in [1.29, 1.82) is 0 Å². The van der Waals surface area contributed by atoms with Crippen molar-refractivity contribution >= 4 is 0 Å². The molecule has 3 heteroatoms. The smallest absolute Gasteiger partial charge is 0.0954 e. The molecular formula is C21H28N2O. The van der Waals surface area contributed by atoms with Gasteiger partial charge in [-0.15, -0.1) is 0 Å². The van der Waals surface area contributed by atoms with E-state index in [1.165, 1.54) is 17.5 Å². The van der Waals surface area contributed by atoms with Crippen LogP contribution in [0, 0.1) is 0 Å². The van der Waals surface area contributed by atoms with E-state index in [1.807, 2.05) is 0 Å². The van der Waals surface area contributed by atoms with Crippen molar-refractivity contribution in [2.45, 2.75) is 18.9 Å². The molecule has 0 atom stereocenters. The van der Waals surface area contributed by atoms with Crippen LogP contribution in [0.5, 0.6) is 0 Å². The highest BCUT2D eigenvalue weighted by Crippen LogP contribution is 2.38. The normalized spacial score (nSPS) is 17.7. The lowest BCUT2D eigenvalue weighted by atomic mass is 9.81. The van der Waals surface area contributed by atoms with Crippen molar-refractivity contribution in [2.75, 3.05) is 39.4 Å². The molecule has 24 heavy (non-hydrogen) atoms. The summed E-state index contributed by atoms with van der Waals surface area (Å²) in [6, 6.07) is 21.6. The predicted molar refractivity (Wildman–Crippen MR) is 99.2 cm³/mol. The molecule has 0 aromatic heterocycles. The van der Waals surface area contributed by atoms with Gasteiger partial charge in [0.25, 0.3) is 0 Å².